The maximum Gasteiger partial charge on any atom is 0.0641 e. The first-order chi connectivity index (χ1) is 8.33. The standard InChI is InChI=1S/C13H19ClN2O/c1-15-10-11-12(14)4-2-5-13(11)16-6-3-8-17-9-7-16/h2,4-5,15H,3,6-10H2,1H3. The normalized spacial score (nSPS) is 16.9. The summed E-state index contributed by atoms with van der Waals surface area (Å²) in [5, 5.41) is 4.01. The van der Waals surface area contributed by atoms with Crippen LogP contribution in [0.4, 0.5) is 5.69 Å². The maximum atomic E-state index is 6.27. The van der Waals surface area contributed by atoms with Crippen molar-refractivity contribution in [3.05, 3.63) is 28.8 Å². The van der Waals surface area contributed by atoms with E-state index in [-0.39, 0.29) is 0 Å². The van der Waals surface area contributed by atoms with Crippen LogP contribution in [0.15, 0.2) is 18.2 Å². The molecular weight excluding hydrogens is 236 g/mol. The lowest BCUT2D eigenvalue weighted by atomic mass is 10.1. The zero-order chi connectivity index (χ0) is 12.1. The summed E-state index contributed by atoms with van der Waals surface area (Å²) in [5.41, 5.74) is 2.41. The minimum Gasteiger partial charge on any atom is -0.380 e. The molecule has 1 aliphatic rings. The molecule has 0 saturated carbocycles. The van der Waals surface area contributed by atoms with Crippen molar-refractivity contribution in [2.24, 2.45) is 0 Å². The smallest absolute Gasteiger partial charge is 0.0641 e. The Labute approximate surface area is 108 Å². The molecule has 0 aliphatic carbocycles. The van der Waals surface area contributed by atoms with E-state index in [0.717, 1.165) is 44.3 Å². The van der Waals surface area contributed by atoms with Crippen LogP contribution < -0.4 is 10.2 Å². The van der Waals surface area contributed by atoms with Crippen LogP contribution in [0.2, 0.25) is 5.02 Å². The van der Waals surface area contributed by atoms with Gasteiger partial charge in [-0.05, 0) is 25.6 Å². The van der Waals surface area contributed by atoms with Gasteiger partial charge >= 0.3 is 0 Å². The van der Waals surface area contributed by atoms with Crippen LogP contribution in [0.5, 0.6) is 0 Å². The van der Waals surface area contributed by atoms with Gasteiger partial charge in [0.15, 0.2) is 0 Å². The van der Waals surface area contributed by atoms with Gasteiger partial charge in [0.25, 0.3) is 0 Å². The second-order valence-electron chi connectivity index (χ2n) is 4.22. The van der Waals surface area contributed by atoms with Crippen molar-refractivity contribution in [3.63, 3.8) is 0 Å². The summed E-state index contributed by atoms with van der Waals surface area (Å²) in [6, 6.07) is 6.11. The predicted octanol–water partition coefficient (Wildman–Crippen LogP) is 2.29. The Morgan fingerprint density at radius 2 is 2.24 bits per heavy atom. The van der Waals surface area contributed by atoms with Crippen LogP contribution in [-0.2, 0) is 11.3 Å². The molecule has 4 heteroatoms. The highest BCUT2D eigenvalue weighted by molar-refractivity contribution is 6.31. The van der Waals surface area contributed by atoms with Gasteiger partial charge in [0.2, 0.25) is 0 Å². The predicted molar refractivity (Wildman–Crippen MR) is 71.9 cm³/mol. The van der Waals surface area contributed by atoms with Crippen molar-refractivity contribution in [1.29, 1.82) is 0 Å². The number of ether oxygens (including phenoxy) is 1. The lowest BCUT2D eigenvalue weighted by molar-refractivity contribution is 0.152. The van der Waals surface area contributed by atoms with E-state index in [0.29, 0.717) is 0 Å². The summed E-state index contributed by atoms with van der Waals surface area (Å²) in [6.07, 6.45) is 1.07. The summed E-state index contributed by atoms with van der Waals surface area (Å²) in [7, 11) is 1.94. The summed E-state index contributed by atoms with van der Waals surface area (Å²) in [6.45, 7) is 4.43. The minimum atomic E-state index is 0.797. The van der Waals surface area contributed by atoms with Crippen LogP contribution in [-0.4, -0.2) is 33.4 Å². The summed E-state index contributed by atoms with van der Waals surface area (Å²) >= 11 is 6.27. The Morgan fingerprint density at radius 1 is 1.35 bits per heavy atom. The quantitative estimate of drug-likeness (QED) is 0.896. The van der Waals surface area contributed by atoms with Crippen LogP contribution in [0.1, 0.15) is 12.0 Å². The van der Waals surface area contributed by atoms with Crippen molar-refractivity contribution in [2.45, 2.75) is 13.0 Å². The van der Waals surface area contributed by atoms with Crippen LogP contribution in [0.3, 0.4) is 0 Å². The van der Waals surface area contributed by atoms with Gasteiger partial charge in [-0.2, -0.15) is 0 Å². The largest absolute Gasteiger partial charge is 0.380 e. The molecule has 0 aromatic heterocycles. The fourth-order valence-corrected chi connectivity index (χ4v) is 2.42. The van der Waals surface area contributed by atoms with Crippen molar-refractivity contribution in [3.8, 4) is 0 Å². The first-order valence-corrected chi connectivity index (χ1v) is 6.45. The molecule has 1 heterocycles. The summed E-state index contributed by atoms with van der Waals surface area (Å²) in [4.78, 5) is 2.37. The van der Waals surface area contributed by atoms with Crippen molar-refractivity contribution >= 4 is 17.3 Å². The zero-order valence-electron chi connectivity index (χ0n) is 10.2. The number of benzene rings is 1. The Bertz CT molecular complexity index is 362. The summed E-state index contributed by atoms with van der Waals surface area (Å²) in [5.74, 6) is 0. The molecule has 0 radical (unpaired) electrons. The molecule has 1 aromatic carbocycles. The van der Waals surface area contributed by atoms with Gasteiger partial charge in [0.1, 0.15) is 0 Å². The lowest BCUT2D eigenvalue weighted by Gasteiger charge is -2.25. The van der Waals surface area contributed by atoms with E-state index in [1.54, 1.807) is 0 Å². The van der Waals surface area contributed by atoms with E-state index < -0.39 is 0 Å². The molecule has 94 valence electrons. The van der Waals surface area contributed by atoms with Crippen LogP contribution in [0.25, 0.3) is 0 Å². The highest BCUT2D eigenvalue weighted by Crippen LogP contribution is 2.28. The Morgan fingerprint density at radius 3 is 3.06 bits per heavy atom. The second-order valence-corrected chi connectivity index (χ2v) is 4.63. The third-order valence-electron chi connectivity index (χ3n) is 3.01. The first kappa shape index (κ1) is 12.7. The van der Waals surface area contributed by atoms with Gasteiger partial charge in [0.05, 0.1) is 6.61 Å². The Kier molecular flexibility index (Phi) is 4.66. The number of anilines is 1. The number of hydrogen-bond donors (Lipinski definition) is 1. The molecule has 1 N–H and O–H groups in total. The molecule has 2 rings (SSSR count). The molecule has 1 fully saturated rings. The van der Waals surface area contributed by atoms with Crippen LogP contribution in [0, 0.1) is 0 Å². The fraction of sp³-hybridized carbons (Fsp3) is 0.538. The third kappa shape index (κ3) is 3.12. The third-order valence-corrected chi connectivity index (χ3v) is 3.36. The van der Waals surface area contributed by atoms with E-state index in [2.05, 4.69) is 16.3 Å². The van der Waals surface area contributed by atoms with Gasteiger partial charge in [-0.15, -0.1) is 0 Å². The Hall–Kier alpha value is -0.770. The molecule has 3 nitrogen and oxygen atoms in total. The van der Waals surface area contributed by atoms with E-state index in [4.69, 9.17) is 16.3 Å². The molecular formula is C13H19ClN2O. The number of rotatable bonds is 3. The average Bonchev–Trinajstić information content (AvgIpc) is 2.60. The van der Waals surface area contributed by atoms with Gasteiger partial charge < -0.3 is 15.0 Å². The van der Waals surface area contributed by atoms with Crippen molar-refractivity contribution in [1.82, 2.24) is 5.32 Å². The molecule has 0 atom stereocenters. The molecule has 17 heavy (non-hydrogen) atoms. The molecule has 1 saturated heterocycles. The van der Waals surface area contributed by atoms with E-state index in [1.807, 2.05) is 19.2 Å². The lowest BCUT2D eigenvalue weighted by Crippen LogP contribution is -2.27. The molecule has 1 aliphatic heterocycles. The Balaban J connectivity index is 2.25. The second kappa shape index (κ2) is 6.24. The van der Waals surface area contributed by atoms with Gasteiger partial charge in [-0.3, -0.25) is 0 Å². The highest BCUT2D eigenvalue weighted by atomic mass is 35.5. The number of nitrogens with zero attached hydrogens (tertiary/aromatic N) is 1. The molecule has 0 bridgehead atoms. The number of hydrogen-bond acceptors (Lipinski definition) is 3. The van der Waals surface area contributed by atoms with Gasteiger partial charge in [-0.1, -0.05) is 17.7 Å². The number of nitrogens with one attached hydrogen (secondary N) is 1. The maximum absolute atomic E-state index is 6.27. The van der Waals surface area contributed by atoms with E-state index >= 15 is 0 Å². The van der Waals surface area contributed by atoms with Gasteiger partial charge in [-0.25, -0.2) is 0 Å². The fourth-order valence-electron chi connectivity index (χ4n) is 2.18. The monoisotopic (exact) mass is 254 g/mol. The molecule has 0 unspecified atom stereocenters. The SMILES string of the molecule is CNCc1c(Cl)cccc1N1CCCOCC1. The molecule has 0 spiro atoms. The van der Waals surface area contributed by atoms with Crippen molar-refractivity contribution < 1.29 is 4.74 Å². The van der Waals surface area contributed by atoms with Crippen molar-refractivity contribution in [2.75, 3.05) is 38.3 Å². The van der Waals surface area contributed by atoms with Gasteiger partial charge in [0, 0.05) is 42.5 Å². The van der Waals surface area contributed by atoms with Crippen LogP contribution >= 0.6 is 11.6 Å². The molecule has 0 amide bonds. The average molecular weight is 255 g/mol. The molecule has 1 aromatic rings. The van der Waals surface area contributed by atoms with E-state index in [1.165, 1.54) is 11.3 Å². The highest BCUT2D eigenvalue weighted by Gasteiger charge is 2.15. The zero-order valence-corrected chi connectivity index (χ0v) is 11.0. The van der Waals surface area contributed by atoms with E-state index in [9.17, 15) is 0 Å². The minimum absolute atomic E-state index is 0.797. The number of halogens is 1. The first-order valence-electron chi connectivity index (χ1n) is 6.07. The topological polar surface area (TPSA) is 24.5 Å². The summed E-state index contributed by atoms with van der Waals surface area (Å²) < 4.78 is 5.49.